The van der Waals surface area contributed by atoms with Gasteiger partial charge in [-0.25, -0.2) is 0 Å². The van der Waals surface area contributed by atoms with E-state index in [2.05, 4.69) is 0 Å². The Hall–Kier alpha value is -0.390. The lowest BCUT2D eigenvalue weighted by atomic mass is 10.2. The minimum absolute atomic E-state index is 0.0215. The van der Waals surface area contributed by atoms with Gasteiger partial charge in [0.05, 0.1) is 12.7 Å². The van der Waals surface area contributed by atoms with Crippen LogP contribution in [-0.4, -0.2) is 42.0 Å². The summed E-state index contributed by atoms with van der Waals surface area (Å²) in [5.41, 5.74) is -0.0215. The molecule has 0 aliphatic carbocycles. The number of rotatable bonds is 9. The van der Waals surface area contributed by atoms with Gasteiger partial charge in [0, 0.05) is 13.2 Å². The fourth-order valence-electron chi connectivity index (χ4n) is 1.89. The fourth-order valence-corrected chi connectivity index (χ4v) is 3.28. The maximum absolute atomic E-state index is 12.4. The number of ether oxygens (including phenoxy) is 2. The van der Waals surface area contributed by atoms with Gasteiger partial charge in [-0.05, 0) is 45.1 Å². The van der Waals surface area contributed by atoms with Crippen LogP contribution in [0.25, 0.3) is 0 Å². The molecule has 1 rings (SSSR count). The van der Waals surface area contributed by atoms with Crippen LogP contribution in [0, 0.1) is 0 Å². The SMILES string of the molecule is CCC(C)OP(=O)(O)C(=CCCCO)OC1CCCOC1. The first kappa shape index (κ1) is 18.7. The number of aliphatic hydroxyl groups is 1. The molecule has 2 N–H and O–H groups in total. The van der Waals surface area contributed by atoms with E-state index in [1.807, 2.05) is 6.92 Å². The van der Waals surface area contributed by atoms with Crippen molar-refractivity contribution in [2.45, 2.75) is 58.2 Å². The van der Waals surface area contributed by atoms with E-state index in [-0.39, 0.29) is 24.3 Å². The zero-order valence-corrected chi connectivity index (χ0v) is 13.8. The van der Waals surface area contributed by atoms with Crippen molar-refractivity contribution >= 4 is 7.60 Å². The quantitative estimate of drug-likeness (QED) is 0.386. The third-order valence-electron chi connectivity index (χ3n) is 3.26. The molecule has 0 aromatic carbocycles. The van der Waals surface area contributed by atoms with Crippen molar-refractivity contribution in [2.75, 3.05) is 19.8 Å². The first-order valence-electron chi connectivity index (χ1n) is 7.56. The highest BCUT2D eigenvalue weighted by Gasteiger charge is 2.32. The second kappa shape index (κ2) is 9.59. The predicted octanol–water partition coefficient (Wildman–Crippen LogP) is 2.80. The summed E-state index contributed by atoms with van der Waals surface area (Å²) >= 11 is 0. The Kier molecular flexibility index (Phi) is 8.52. The molecule has 0 saturated carbocycles. The molecule has 0 radical (unpaired) electrons. The molecule has 0 aromatic rings. The molecule has 0 bridgehead atoms. The van der Waals surface area contributed by atoms with Crippen LogP contribution in [0.2, 0.25) is 0 Å². The Morgan fingerprint density at radius 2 is 2.33 bits per heavy atom. The van der Waals surface area contributed by atoms with Gasteiger partial charge in [0.2, 0.25) is 5.50 Å². The molecule has 21 heavy (non-hydrogen) atoms. The van der Waals surface area contributed by atoms with E-state index >= 15 is 0 Å². The molecule has 6 nitrogen and oxygen atoms in total. The summed E-state index contributed by atoms with van der Waals surface area (Å²) in [7, 11) is -3.98. The standard InChI is InChI=1S/C14H27O6P/c1-3-12(2)20-21(16,17)14(8-4-5-9-15)19-13-7-6-10-18-11-13/h8,12-13,15H,3-7,9-11H2,1-2H3,(H,16,17). The smallest absolute Gasteiger partial charge is 0.393 e. The van der Waals surface area contributed by atoms with E-state index in [9.17, 15) is 9.46 Å². The van der Waals surface area contributed by atoms with Gasteiger partial charge in [-0.2, -0.15) is 0 Å². The van der Waals surface area contributed by atoms with Crippen LogP contribution in [0.3, 0.4) is 0 Å². The summed E-state index contributed by atoms with van der Waals surface area (Å²) in [6.45, 7) is 4.77. The Morgan fingerprint density at radius 3 is 2.90 bits per heavy atom. The fraction of sp³-hybridized carbons (Fsp3) is 0.857. The summed E-state index contributed by atoms with van der Waals surface area (Å²) < 4.78 is 28.6. The van der Waals surface area contributed by atoms with Crippen LogP contribution in [0.4, 0.5) is 0 Å². The van der Waals surface area contributed by atoms with Gasteiger partial charge in [-0.3, -0.25) is 4.57 Å². The first-order chi connectivity index (χ1) is 9.99. The van der Waals surface area contributed by atoms with Gasteiger partial charge >= 0.3 is 7.60 Å². The highest BCUT2D eigenvalue weighted by molar-refractivity contribution is 7.57. The normalized spacial score (nSPS) is 24.4. The Labute approximate surface area is 126 Å². The lowest BCUT2D eigenvalue weighted by molar-refractivity contribution is -0.0202. The summed E-state index contributed by atoms with van der Waals surface area (Å²) in [4.78, 5) is 10.1. The summed E-state index contributed by atoms with van der Waals surface area (Å²) in [6.07, 6.45) is 4.28. The Bertz CT molecular complexity index is 364. The van der Waals surface area contributed by atoms with E-state index in [0.29, 0.717) is 32.5 Å². The van der Waals surface area contributed by atoms with Crippen LogP contribution in [-0.2, 0) is 18.6 Å². The van der Waals surface area contributed by atoms with Crippen LogP contribution >= 0.6 is 7.60 Å². The van der Waals surface area contributed by atoms with Crippen molar-refractivity contribution in [2.24, 2.45) is 0 Å². The van der Waals surface area contributed by atoms with Crippen molar-refractivity contribution in [1.82, 2.24) is 0 Å². The van der Waals surface area contributed by atoms with E-state index in [1.54, 1.807) is 13.0 Å². The Morgan fingerprint density at radius 1 is 1.57 bits per heavy atom. The van der Waals surface area contributed by atoms with E-state index in [0.717, 1.165) is 12.8 Å². The van der Waals surface area contributed by atoms with Gasteiger partial charge in [0.25, 0.3) is 0 Å². The topological polar surface area (TPSA) is 85.2 Å². The number of allylic oxidation sites excluding steroid dienone is 1. The van der Waals surface area contributed by atoms with E-state index in [1.165, 1.54) is 0 Å². The van der Waals surface area contributed by atoms with Gasteiger partial charge in [0.15, 0.2) is 0 Å². The van der Waals surface area contributed by atoms with Gasteiger partial charge in [-0.1, -0.05) is 6.92 Å². The average Bonchev–Trinajstić information content (AvgIpc) is 2.47. The number of hydrogen-bond donors (Lipinski definition) is 2. The Balaban J connectivity index is 2.74. The van der Waals surface area contributed by atoms with Crippen molar-refractivity contribution in [3.63, 3.8) is 0 Å². The number of aliphatic hydroxyl groups excluding tert-OH is 1. The maximum atomic E-state index is 12.4. The van der Waals surface area contributed by atoms with Gasteiger partial charge in [0.1, 0.15) is 6.10 Å². The molecule has 1 aliphatic heterocycles. The second-order valence-corrected chi connectivity index (χ2v) is 6.90. The molecule has 7 heteroatoms. The molecule has 1 heterocycles. The van der Waals surface area contributed by atoms with E-state index < -0.39 is 7.60 Å². The second-order valence-electron chi connectivity index (χ2n) is 5.21. The third kappa shape index (κ3) is 6.94. The molecule has 3 atom stereocenters. The minimum atomic E-state index is -3.98. The predicted molar refractivity (Wildman–Crippen MR) is 80.0 cm³/mol. The van der Waals surface area contributed by atoms with Crippen molar-refractivity contribution in [3.8, 4) is 0 Å². The molecule has 1 saturated heterocycles. The highest BCUT2D eigenvalue weighted by Crippen LogP contribution is 2.53. The third-order valence-corrected chi connectivity index (χ3v) is 4.75. The first-order valence-corrected chi connectivity index (χ1v) is 9.14. The van der Waals surface area contributed by atoms with Crippen LogP contribution < -0.4 is 0 Å². The number of unbranched alkanes of at least 4 members (excludes halogenated alkanes) is 1. The zero-order valence-electron chi connectivity index (χ0n) is 12.9. The van der Waals surface area contributed by atoms with Crippen LogP contribution in [0.15, 0.2) is 11.6 Å². The van der Waals surface area contributed by atoms with Crippen molar-refractivity contribution in [1.29, 1.82) is 0 Å². The molecule has 1 fully saturated rings. The summed E-state index contributed by atoms with van der Waals surface area (Å²) in [6, 6.07) is 0. The minimum Gasteiger partial charge on any atom is -0.480 e. The molecule has 0 aromatic heterocycles. The summed E-state index contributed by atoms with van der Waals surface area (Å²) in [5, 5.41) is 8.83. The van der Waals surface area contributed by atoms with Crippen molar-refractivity contribution in [3.05, 3.63) is 11.6 Å². The van der Waals surface area contributed by atoms with Crippen LogP contribution in [0.5, 0.6) is 0 Å². The molecule has 3 unspecified atom stereocenters. The lowest BCUT2D eigenvalue weighted by Gasteiger charge is -2.27. The van der Waals surface area contributed by atoms with E-state index in [4.69, 9.17) is 19.1 Å². The summed E-state index contributed by atoms with van der Waals surface area (Å²) in [5.74, 6) is 0. The maximum Gasteiger partial charge on any atom is 0.393 e. The average molecular weight is 322 g/mol. The van der Waals surface area contributed by atoms with Gasteiger partial charge < -0.3 is 24.0 Å². The zero-order chi connectivity index (χ0) is 15.7. The number of hydrogen-bond acceptors (Lipinski definition) is 5. The molecular formula is C14H27O6P. The monoisotopic (exact) mass is 322 g/mol. The van der Waals surface area contributed by atoms with Crippen molar-refractivity contribution < 1.29 is 28.6 Å². The molecule has 124 valence electrons. The van der Waals surface area contributed by atoms with Crippen LogP contribution in [0.1, 0.15) is 46.0 Å². The van der Waals surface area contributed by atoms with Gasteiger partial charge in [-0.15, -0.1) is 0 Å². The molecular weight excluding hydrogens is 295 g/mol. The molecule has 1 aliphatic rings. The highest BCUT2D eigenvalue weighted by atomic mass is 31.2. The molecule has 0 spiro atoms. The lowest BCUT2D eigenvalue weighted by Crippen LogP contribution is -2.25. The largest absolute Gasteiger partial charge is 0.480 e. The molecule has 0 amide bonds.